The van der Waals surface area contributed by atoms with E-state index in [0.29, 0.717) is 0 Å². The Labute approximate surface area is 147 Å². The van der Waals surface area contributed by atoms with Gasteiger partial charge in [-0.3, -0.25) is 10.1 Å². The summed E-state index contributed by atoms with van der Waals surface area (Å²) in [5.74, 6) is 1.58. The lowest BCUT2D eigenvalue weighted by Gasteiger charge is -2.27. The van der Waals surface area contributed by atoms with Gasteiger partial charge in [-0.15, -0.1) is 0 Å². The van der Waals surface area contributed by atoms with Crippen LogP contribution in [0.3, 0.4) is 0 Å². The SMILES string of the molecule is C1=NC(c2ccc(-c3ncn[nH]3)cc2)=CN(CCC2CCOCC2)C1. The number of aromatic nitrogens is 3. The molecule has 0 atom stereocenters. The Kier molecular flexibility index (Phi) is 4.88. The Bertz CT molecular complexity index is 730. The lowest BCUT2D eigenvalue weighted by molar-refractivity contribution is 0.0620. The lowest BCUT2D eigenvalue weighted by atomic mass is 9.96. The number of rotatable bonds is 5. The number of aliphatic imine (C=N–C) groups is 1. The van der Waals surface area contributed by atoms with Crippen LogP contribution >= 0.6 is 0 Å². The molecule has 0 radical (unpaired) electrons. The second-order valence-corrected chi connectivity index (χ2v) is 6.58. The summed E-state index contributed by atoms with van der Waals surface area (Å²) in [6.07, 6.45) is 9.33. The van der Waals surface area contributed by atoms with Crippen molar-refractivity contribution in [2.75, 3.05) is 26.3 Å². The molecule has 1 aromatic carbocycles. The van der Waals surface area contributed by atoms with Crippen LogP contribution < -0.4 is 0 Å². The molecule has 2 aromatic rings. The van der Waals surface area contributed by atoms with E-state index in [0.717, 1.165) is 54.9 Å². The van der Waals surface area contributed by atoms with Gasteiger partial charge < -0.3 is 9.64 Å². The molecule has 0 spiro atoms. The third kappa shape index (κ3) is 3.96. The Hall–Kier alpha value is -2.47. The van der Waals surface area contributed by atoms with Crippen molar-refractivity contribution in [3.8, 4) is 11.4 Å². The standard InChI is InChI=1S/C19H23N5O/c1-3-17(19-21-14-22-23-19)4-2-16(1)18-13-24(10-8-20-18)9-5-15-6-11-25-12-7-15/h1-4,8,13-15H,5-7,9-12H2,(H,21,22,23). The van der Waals surface area contributed by atoms with Crippen molar-refractivity contribution in [2.45, 2.75) is 19.3 Å². The first-order valence-corrected chi connectivity index (χ1v) is 8.91. The smallest absolute Gasteiger partial charge is 0.155 e. The van der Waals surface area contributed by atoms with Gasteiger partial charge in [0.2, 0.25) is 0 Å². The van der Waals surface area contributed by atoms with E-state index in [9.17, 15) is 0 Å². The molecule has 1 aromatic heterocycles. The molecule has 130 valence electrons. The Morgan fingerprint density at radius 2 is 1.92 bits per heavy atom. The van der Waals surface area contributed by atoms with E-state index >= 15 is 0 Å². The van der Waals surface area contributed by atoms with E-state index in [1.807, 2.05) is 18.3 Å². The predicted molar refractivity (Wildman–Crippen MR) is 98.0 cm³/mol. The molecule has 1 fully saturated rings. The maximum absolute atomic E-state index is 5.45. The molecule has 25 heavy (non-hydrogen) atoms. The lowest BCUT2D eigenvalue weighted by Crippen LogP contribution is -2.27. The summed E-state index contributed by atoms with van der Waals surface area (Å²) >= 11 is 0. The summed E-state index contributed by atoms with van der Waals surface area (Å²) in [5, 5.41) is 6.78. The van der Waals surface area contributed by atoms with Gasteiger partial charge in [0.05, 0.1) is 12.2 Å². The minimum Gasteiger partial charge on any atom is -0.381 e. The summed E-state index contributed by atoms with van der Waals surface area (Å²) in [7, 11) is 0. The highest BCUT2D eigenvalue weighted by Gasteiger charge is 2.15. The van der Waals surface area contributed by atoms with E-state index in [-0.39, 0.29) is 0 Å². The first-order valence-electron chi connectivity index (χ1n) is 8.91. The fourth-order valence-corrected chi connectivity index (χ4v) is 3.33. The van der Waals surface area contributed by atoms with Gasteiger partial charge in [-0.2, -0.15) is 5.10 Å². The number of nitrogens with one attached hydrogen (secondary N) is 1. The van der Waals surface area contributed by atoms with Gasteiger partial charge in [-0.05, 0) is 25.2 Å². The number of benzene rings is 1. The van der Waals surface area contributed by atoms with Crippen LogP contribution in [0, 0.1) is 5.92 Å². The molecule has 0 amide bonds. The number of H-pyrrole nitrogens is 1. The van der Waals surface area contributed by atoms with Crippen molar-refractivity contribution >= 4 is 11.9 Å². The van der Waals surface area contributed by atoms with Crippen LogP contribution in [0.2, 0.25) is 0 Å². The van der Waals surface area contributed by atoms with Crippen molar-refractivity contribution in [3.63, 3.8) is 0 Å². The van der Waals surface area contributed by atoms with E-state index in [4.69, 9.17) is 4.74 Å². The molecular formula is C19H23N5O. The van der Waals surface area contributed by atoms with E-state index in [1.54, 1.807) is 0 Å². The minimum absolute atomic E-state index is 0.783. The van der Waals surface area contributed by atoms with Crippen LogP contribution in [0.5, 0.6) is 0 Å². The van der Waals surface area contributed by atoms with E-state index < -0.39 is 0 Å². The number of nitrogens with zero attached hydrogens (tertiary/aromatic N) is 4. The minimum atomic E-state index is 0.783. The summed E-state index contributed by atoms with van der Waals surface area (Å²) in [5.41, 5.74) is 3.16. The highest BCUT2D eigenvalue weighted by molar-refractivity contribution is 5.77. The predicted octanol–water partition coefficient (Wildman–Crippen LogP) is 2.97. The van der Waals surface area contributed by atoms with Gasteiger partial charge in [0.1, 0.15) is 6.33 Å². The van der Waals surface area contributed by atoms with Crippen LogP contribution in [0.4, 0.5) is 0 Å². The monoisotopic (exact) mass is 337 g/mol. The largest absolute Gasteiger partial charge is 0.381 e. The Morgan fingerprint density at radius 1 is 1.12 bits per heavy atom. The van der Waals surface area contributed by atoms with Crippen molar-refractivity contribution in [1.29, 1.82) is 0 Å². The fourth-order valence-electron chi connectivity index (χ4n) is 3.33. The first kappa shape index (κ1) is 16.0. The molecule has 1 saturated heterocycles. The van der Waals surface area contributed by atoms with Crippen LogP contribution in [-0.2, 0) is 4.74 Å². The molecule has 0 bridgehead atoms. The number of hydrogen-bond acceptors (Lipinski definition) is 5. The summed E-state index contributed by atoms with van der Waals surface area (Å²) in [6, 6.07) is 8.27. The second kappa shape index (κ2) is 7.61. The highest BCUT2D eigenvalue weighted by Crippen LogP contribution is 2.24. The van der Waals surface area contributed by atoms with Crippen molar-refractivity contribution in [1.82, 2.24) is 20.1 Å². The van der Waals surface area contributed by atoms with Gasteiger partial charge in [0.15, 0.2) is 5.82 Å². The van der Waals surface area contributed by atoms with Gasteiger partial charge in [0, 0.05) is 43.3 Å². The van der Waals surface area contributed by atoms with Crippen molar-refractivity contribution in [2.24, 2.45) is 10.9 Å². The Morgan fingerprint density at radius 3 is 2.68 bits per heavy atom. The molecule has 0 unspecified atom stereocenters. The quantitative estimate of drug-likeness (QED) is 0.911. The zero-order chi connectivity index (χ0) is 16.9. The van der Waals surface area contributed by atoms with Gasteiger partial charge in [-0.25, -0.2) is 4.98 Å². The summed E-state index contributed by atoms with van der Waals surface area (Å²) in [4.78, 5) is 11.1. The van der Waals surface area contributed by atoms with Crippen LogP contribution in [0.15, 0.2) is 41.8 Å². The van der Waals surface area contributed by atoms with E-state index in [1.165, 1.54) is 25.6 Å². The third-order valence-electron chi connectivity index (χ3n) is 4.89. The molecule has 3 heterocycles. The van der Waals surface area contributed by atoms with Crippen molar-refractivity contribution < 1.29 is 4.74 Å². The topological polar surface area (TPSA) is 66.4 Å². The number of ether oxygens (including phenoxy) is 1. The normalized spacial score (nSPS) is 18.4. The molecule has 0 saturated carbocycles. The zero-order valence-corrected chi connectivity index (χ0v) is 14.3. The summed E-state index contributed by atoms with van der Waals surface area (Å²) < 4.78 is 5.45. The summed E-state index contributed by atoms with van der Waals surface area (Å²) in [6.45, 7) is 3.81. The maximum Gasteiger partial charge on any atom is 0.155 e. The van der Waals surface area contributed by atoms with Gasteiger partial charge in [0.25, 0.3) is 0 Å². The molecule has 2 aliphatic heterocycles. The molecular weight excluding hydrogens is 314 g/mol. The van der Waals surface area contributed by atoms with Crippen LogP contribution in [0.1, 0.15) is 24.8 Å². The first-order chi connectivity index (χ1) is 12.4. The molecule has 1 N–H and O–H groups in total. The Balaban J connectivity index is 1.40. The molecule has 6 heteroatoms. The number of aromatic amines is 1. The van der Waals surface area contributed by atoms with Crippen LogP contribution in [-0.4, -0.2) is 52.6 Å². The molecule has 0 aliphatic carbocycles. The molecule has 6 nitrogen and oxygen atoms in total. The average Bonchev–Trinajstić information content (AvgIpc) is 3.22. The van der Waals surface area contributed by atoms with Gasteiger partial charge in [-0.1, -0.05) is 24.3 Å². The number of hydrogen-bond donors (Lipinski definition) is 1. The van der Waals surface area contributed by atoms with E-state index in [2.05, 4.69) is 43.4 Å². The average molecular weight is 337 g/mol. The maximum atomic E-state index is 5.45. The second-order valence-electron chi connectivity index (χ2n) is 6.58. The van der Waals surface area contributed by atoms with Crippen molar-refractivity contribution in [3.05, 3.63) is 42.4 Å². The van der Waals surface area contributed by atoms with Gasteiger partial charge >= 0.3 is 0 Å². The molecule has 4 rings (SSSR count). The fraction of sp³-hybridized carbons (Fsp3) is 0.421. The van der Waals surface area contributed by atoms with Crippen LogP contribution in [0.25, 0.3) is 17.1 Å². The molecule has 2 aliphatic rings. The highest BCUT2D eigenvalue weighted by atomic mass is 16.5. The third-order valence-corrected chi connectivity index (χ3v) is 4.89. The zero-order valence-electron chi connectivity index (χ0n) is 14.3.